The highest BCUT2D eigenvalue weighted by atomic mass is 16.4. The largest absolute Gasteiger partial charge is 0.508 e. The summed E-state index contributed by atoms with van der Waals surface area (Å²) >= 11 is 0. The molecule has 0 amide bonds. The highest BCUT2D eigenvalue weighted by Crippen LogP contribution is 2.31. The van der Waals surface area contributed by atoms with E-state index in [2.05, 4.69) is 13.8 Å². The second kappa shape index (κ2) is 10.7. The molecular formula is C20H30O5. The zero-order chi connectivity index (χ0) is 18.8. The maximum atomic E-state index is 11.8. The number of benzene rings is 1. The van der Waals surface area contributed by atoms with E-state index < -0.39 is 11.9 Å². The van der Waals surface area contributed by atoms with Crippen LogP contribution in [0.2, 0.25) is 0 Å². The third-order valence-electron chi connectivity index (χ3n) is 4.52. The lowest BCUT2D eigenvalue weighted by Crippen LogP contribution is -2.14. The molecule has 140 valence electrons. The van der Waals surface area contributed by atoms with Gasteiger partial charge in [-0.25, -0.2) is 9.59 Å². The predicted octanol–water partition coefficient (Wildman–Crippen LogP) is 5.03. The van der Waals surface area contributed by atoms with E-state index in [0.29, 0.717) is 24.0 Å². The van der Waals surface area contributed by atoms with Crippen LogP contribution in [0.5, 0.6) is 5.75 Å². The normalized spacial score (nSPS) is 10.8. The molecular weight excluding hydrogens is 320 g/mol. The number of phenolic OH excluding ortho intramolecular Hbond substituents is 1. The van der Waals surface area contributed by atoms with Gasteiger partial charge < -0.3 is 15.3 Å². The maximum Gasteiger partial charge on any atom is 0.336 e. The van der Waals surface area contributed by atoms with Crippen LogP contribution in [0.25, 0.3) is 0 Å². The maximum absolute atomic E-state index is 11.8. The minimum Gasteiger partial charge on any atom is -0.508 e. The standard InChI is InChI=1S/C20H30O5/c1-3-5-7-9-11-14-16(19(22)23)13-17(21)15(18(14)20(24)25)12-10-8-6-4-2/h13,21H,3-12H2,1-2H3,(H,22,23)(H,24,25). The lowest BCUT2D eigenvalue weighted by molar-refractivity contribution is 0.0693. The van der Waals surface area contributed by atoms with Gasteiger partial charge in [-0.1, -0.05) is 52.4 Å². The Morgan fingerprint density at radius 2 is 1.32 bits per heavy atom. The highest BCUT2D eigenvalue weighted by molar-refractivity contribution is 5.98. The van der Waals surface area contributed by atoms with Gasteiger partial charge in [-0.2, -0.15) is 0 Å². The zero-order valence-corrected chi connectivity index (χ0v) is 15.3. The molecule has 0 unspecified atom stereocenters. The summed E-state index contributed by atoms with van der Waals surface area (Å²) in [5.41, 5.74) is 0.618. The van der Waals surface area contributed by atoms with Crippen LogP contribution in [0.3, 0.4) is 0 Å². The second-order valence-corrected chi connectivity index (χ2v) is 6.51. The molecule has 5 nitrogen and oxygen atoms in total. The van der Waals surface area contributed by atoms with Crippen molar-refractivity contribution < 1.29 is 24.9 Å². The van der Waals surface area contributed by atoms with Crippen molar-refractivity contribution in [2.24, 2.45) is 0 Å². The summed E-state index contributed by atoms with van der Waals surface area (Å²) in [7, 11) is 0. The van der Waals surface area contributed by atoms with Crippen LogP contribution in [0.15, 0.2) is 6.07 Å². The number of carbonyl (C=O) groups is 2. The van der Waals surface area contributed by atoms with Crippen molar-refractivity contribution in [3.63, 3.8) is 0 Å². The lowest BCUT2D eigenvalue weighted by atomic mass is 9.89. The highest BCUT2D eigenvalue weighted by Gasteiger charge is 2.25. The molecule has 0 aliphatic carbocycles. The van der Waals surface area contributed by atoms with Crippen LogP contribution in [0, 0.1) is 0 Å². The minimum absolute atomic E-state index is 0.00889. The molecule has 0 aliphatic rings. The SMILES string of the molecule is CCCCCCc1c(O)cc(C(=O)O)c(CCCCCC)c1C(=O)O. The van der Waals surface area contributed by atoms with Crippen molar-refractivity contribution in [3.05, 3.63) is 28.3 Å². The molecule has 0 spiro atoms. The number of carboxylic acid groups (broad SMARTS) is 2. The summed E-state index contributed by atoms with van der Waals surface area (Å²) in [6, 6.07) is 1.22. The molecule has 3 N–H and O–H groups in total. The summed E-state index contributed by atoms with van der Waals surface area (Å²) in [6.07, 6.45) is 8.49. The number of phenols is 1. The third-order valence-corrected chi connectivity index (χ3v) is 4.52. The molecule has 1 rings (SSSR count). The van der Waals surface area contributed by atoms with Gasteiger partial charge in [0.25, 0.3) is 0 Å². The Hall–Kier alpha value is -2.04. The molecule has 0 aromatic heterocycles. The average Bonchev–Trinajstić information content (AvgIpc) is 2.56. The first-order chi connectivity index (χ1) is 11.9. The molecule has 0 saturated carbocycles. The number of aromatic carboxylic acids is 2. The van der Waals surface area contributed by atoms with Crippen LogP contribution in [-0.2, 0) is 12.8 Å². The first kappa shape index (κ1) is 21.0. The summed E-state index contributed by atoms with van der Waals surface area (Å²) in [5, 5.41) is 29.3. The van der Waals surface area contributed by atoms with Crippen molar-refractivity contribution in [2.45, 2.75) is 78.1 Å². The van der Waals surface area contributed by atoms with Gasteiger partial charge in [-0.15, -0.1) is 0 Å². The molecule has 0 aliphatic heterocycles. The van der Waals surface area contributed by atoms with E-state index in [1.54, 1.807) is 0 Å². The lowest BCUT2D eigenvalue weighted by Gasteiger charge is -2.16. The molecule has 0 atom stereocenters. The number of unbranched alkanes of at least 4 members (excludes halogenated alkanes) is 6. The van der Waals surface area contributed by atoms with E-state index in [1.807, 2.05) is 0 Å². The van der Waals surface area contributed by atoms with Crippen LogP contribution in [-0.4, -0.2) is 27.3 Å². The van der Waals surface area contributed by atoms with E-state index in [0.717, 1.165) is 51.4 Å². The van der Waals surface area contributed by atoms with Crippen molar-refractivity contribution in [1.29, 1.82) is 0 Å². The quantitative estimate of drug-likeness (QED) is 0.459. The molecule has 1 aromatic rings. The molecule has 0 saturated heterocycles. The fraction of sp³-hybridized carbons (Fsp3) is 0.600. The van der Waals surface area contributed by atoms with E-state index in [1.165, 1.54) is 6.07 Å². The molecule has 0 heterocycles. The predicted molar refractivity (Wildman–Crippen MR) is 97.7 cm³/mol. The summed E-state index contributed by atoms with van der Waals surface area (Å²) in [4.78, 5) is 23.4. The second-order valence-electron chi connectivity index (χ2n) is 6.51. The first-order valence-corrected chi connectivity index (χ1v) is 9.28. The molecule has 1 aromatic carbocycles. The summed E-state index contributed by atoms with van der Waals surface area (Å²) < 4.78 is 0. The van der Waals surface area contributed by atoms with Crippen LogP contribution in [0.4, 0.5) is 0 Å². The van der Waals surface area contributed by atoms with Gasteiger partial charge in [0, 0.05) is 5.56 Å². The van der Waals surface area contributed by atoms with Crippen molar-refractivity contribution in [1.82, 2.24) is 0 Å². The Balaban J connectivity index is 3.22. The van der Waals surface area contributed by atoms with Gasteiger partial charge in [0.2, 0.25) is 0 Å². The van der Waals surface area contributed by atoms with Gasteiger partial charge in [0.1, 0.15) is 5.75 Å². The summed E-state index contributed by atoms with van der Waals surface area (Å²) in [6.45, 7) is 4.18. The summed E-state index contributed by atoms with van der Waals surface area (Å²) in [5.74, 6) is -2.57. The van der Waals surface area contributed by atoms with Crippen LogP contribution < -0.4 is 0 Å². The fourth-order valence-corrected chi connectivity index (χ4v) is 3.17. The smallest absolute Gasteiger partial charge is 0.336 e. The Morgan fingerprint density at radius 1 is 0.800 bits per heavy atom. The monoisotopic (exact) mass is 350 g/mol. The molecule has 0 radical (unpaired) electrons. The third kappa shape index (κ3) is 6.07. The van der Waals surface area contributed by atoms with E-state index >= 15 is 0 Å². The number of carboxylic acids is 2. The minimum atomic E-state index is -1.19. The van der Waals surface area contributed by atoms with Crippen molar-refractivity contribution in [3.8, 4) is 5.75 Å². The van der Waals surface area contributed by atoms with Crippen LogP contribution in [0.1, 0.15) is 97.1 Å². The molecule has 5 heteroatoms. The van der Waals surface area contributed by atoms with Gasteiger partial charge in [-0.05, 0) is 37.3 Å². The molecule has 0 bridgehead atoms. The first-order valence-electron chi connectivity index (χ1n) is 9.28. The average molecular weight is 350 g/mol. The Bertz CT molecular complexity index is 592. The van der Waals surface area contributed by atoms with Crippen molar-refractivity contribution >= 4 is 11.9 Å². The number of hydrogen-bond donors (Lipinski definition) is 3. The number of rotatable bonds is 12. The topological polar surface area (TPSA) is 94.8 Å². The van der Waals surface area contributed by atoms with Gasteiger partial charge in [0.15, 0.2) is 0 Å². The van der Waals surface area contributed by atoms with E-state index in [4.69, 9.17) is 0 Å². The van der Waals surface area contributed by atoms with Gasteiger partial charge in [0.05, 0.1) is 11.1 Å². The fourth-order valence-electron chi connectivity index (χ4n) is 3.17. The zero-order valence-electron chi connectivity index (χ0n) is 15.3. The number of aromatic hydroxyl groups is 1. The number of hydrogen-bond acceptors (Lipinski definition) is 3. The molecule has 0 fully saturated rings. The van der Waals surface area contributed by atoms with Gasteiger partial charge in [-0.3, -0.25) is 0 Å². The van der Waals surface area contributed by atoms with E-state index in [-0.39, 0.29) is 16.9 Å². The van der Waals surface area contributed by atoms with Crippen molar-refractivity contribution in [2.75, 3.05) is 0 Å². The Labute approximate surface area is 149 Å². The van der Waals surface area contributed by atoms with Gasteiger partial charge >= 0.3 is 11.9 Å². The van der Waals surface area contributed by atoms with Crippen LogP contribution >= 0.6 is 0 Å². The van der Waals surface area contributed by atoms with E-state index in [9.17, 15) is 24.9 Å². The Morgan fingerprint density at radius 3 is 1.76 bits per heavy atom. The Kier molecular flexibility index (Phi) is 9.03. The molecule has 25 heavy (non-hydrogen) atoms.